The summed E-state index contributed by atoms with van der Waals surface area (Å²) in [5.74, 6) is -6.75. The summed E-state index contributed by atoms with van der Waals surface area (Å²) < 4.78 is -1.15. The van der Waals surface area contributed by atoms with Gasteiger partial charge in [-0.1, -0.05) is 70.1 Å². The third-order valence-electron chi connectivity index (χ3n) is 11.3. The van der Waals surface area contributed by atoms with E-state index in [0.29, 0.717) is 11.1 Å². The highest BCUT2D eigenvalue weighted by Crippen LogP contribution is 2.39. The van der Waals surface area contributed by atoms with E-state index in [0.717, 1.165) is 21.7 Å². The molecular formula is C46H67N15O9S2. The molecule has 0 radical (unpaired) electrons. The number of aliphatic hydroxyl groups excluding tert-OH is 1. The number of aromatic amines is 1. The Hall–Kier alpha value is -7.06. The maximum atomic E-state index is 14.5. The van der Waals surface area contributed by atoms with Crippen LogP contribution < -0.4 is 65.9 Å². The van der Waals surface area contributed by atoms with Crippen molar-refractivity contribution in [2.45, 2.75) is 113 Å². The van der Waals surface area contributed by atoms with Gasteiger partial charge >= 0.3 is 0 Å². The number of benzene rings is 2. The van der Waals surface area contributed by atoms with E-state index in [1.807, 2.05) is 24.3 Å². The highest BCUT2D eigenvalue weighted by atomic mass is 33.1. The van der Waals surface area contributed by atoms with E-state index in [1.165, 1.54) is 17.7 Å². The van der Waals surface area contributed by atoms with Gasteiger partial charge in [-0.15, -0.1) is 0 Å². The van der Waals surface area contributed by atoms with E-state index in [2.05, 4.69) is 52.2 Å². The molecule has 8 amide bonds. The molecule has 7 atom stereocenters. The minimum absolute atomic E-state index is 0.0586. The first kappa shape index (κ1) is 57.5. The second-order valence-electron chi connectivity index (χ2n) is 17.5. The molecule has 4 rings (SSSR count). The normalized spacial score (nSPS) is 22.0. The molecule has 72 heavy (non-hydrogen) atoms. The number of aliphatic imine (C=N–C) groups is 2. The number of para-hydroxylation sites is 1. The highest BCUT2D eigenvalue weighted by Gasteiger charge is 2.39. The molecule has 0 spiro atoms. The van der Waals surface area contributed by atoms with Gasteiger partial charge in [-0.2, -0.15) is 0 Å². The van der Waals surface area contributed by atoms with Crippen molar-refractivity contribution in [2.24, 2.45) is 38.7 Å². The number of aliphatic hydroxyl groups is 1. The van der Waals surface area contributed by atoms with Crippen molar-refractivity contribution in [3.63, 3.8) is 0 Å². The van der Waals surface area contributed by atoms with Crippen LogP contribution in [-0.4, -0.2) is 142 Å². The zero-order valence-corrected chi connectivity index (χ0v) is 42.0. The number of aromatic nitrogens is 1. The van der Waals surface area contributed by atoms with Crippen LogP contribution in [0.15, 0.2) is 70.8 Å². The number of hydrogen-bond donors (Lipinski definition) is 14. The number of nitrogens with two attached hydrogens (primary N) is 5. The Morgan fingerprint density at radius 1 is 0.750 bits per heavy atom. The monoisotopic (exact) mass is 1040 g/mol. The van der Waals surface area contributed by atoms with Crippen LogP contribution in [0.25, 0.3) is 10.9 Å². The zero-order valence-electron chi connectivity index (χ0n) is 40.4. The Morgan fingerprint density at radius 2 is 1.32 bits per heavy atom. The smallest absolute Gasteiger partial charge is 0.245 e. The lowest BCUT2D eigenvalue weighted by molar-refractivity contribution is -0.136. The molecule has 3 aromatic rings. The molecule has 2 heterocycles. The van der Waals surface area contributed by atoms with E-state index in [9.17, 15) is 43.5 Å². The highest BCUT2D eigenvalue weighted by molar-refractivity contribution is 8.77. The second-order valence-corrected chi connectivity index (χ2v) is 20.6. The Morgan fingerprint density at radius 3 is 1.96 bits per heavy atom. The molecule has 1 aliphatic heterocycles. The predicted molar refractivity (Wildman–Crippen MR) is 276 cm³/mol. The first-order valence-electron chi connectivity index (χ1n) is 23.2. The SMILES string of the molecule is CC(=O)N[C@@H](CCCN=C(N)N)C(=O)N[C@H]1CCSSC(C)(C)[C@@H](C(N)=O)NC(=O)[C@H](Cc2c[nH]c3ccccc23)NC(=O)[C@H](CCCN=C(N)N)NC(=O)[C@@H](Cc2ccccc2)NC(=O)[C@H](CO)NC1=O. The van der Waals surface area contributed by atoms with Gasteiger partial charge in [-0.25, -0.2) is 0 Å². The third kappa shape index (κ3) is 18.3. The molecule has 2 aromatic carbocycles. The van der Waals surface area contributed by atoms with Gasteiger partial charge in [0.05, 0.1) is 6.61 Å². The van der Waals surface area contributed by atoms with E-state index < -0.39 is 101 Å². The summed E-state index contributed by atoms with van der Waals surface area (Å²) >= 11 is 0. The number of amides is 8. The summed E-state index contributed by atoms with van der Waals surface area (Å²) in [5.41, 5.74) is 29.9. The summed E-state index contributed by atoms with van der Waals surface area (Å²) in [5, 5.41) is 29.9. The fourth-order valence-corrected chi connectivity index (χ4v) is 10.4. The minimum atomic E-state index is -1.67. The Bertz CT molecular complexity index is 2430. The first-order valence-corrected chi connectivity index (χ1v) is 25.5. The second kappa shape index (κ2) is 28.1. The lowest BCUT2D eigenvalue weighted by Crippen LogP contribution is -2.62. The quantitative estimate of drug-likeness (QED) is 0.0288. The number of hydrogen-bond acceptors (Lipinski definition) is 13. The van der Waals surface area contributed by atoms with Gasteiger partial charge in [0.2, 0.25) is 47.3 Å². The van der Waals surface area contributed by atoms with Gasteiger partial charge < -0.3 is 76.0 Å². The summed E-state index contributed by atoms with van der Waals surface area (Å²) in [6, 6.07) is 6.26. The topological polar surface area (TPSA) is 412 Å². The largest absolute Gasteiger partial charge is 0.394 e. The third-order valence-corrected chi connectivity index (χ3v) is 14.7. The average molecular weight is 1040 g/mol. The molecule has 0 bridgehead atoms. The van der Waals surface area contributed by atoms with Gasteiger partial charge in [-0.3, -0.25) is 48.3 Å². The van der Waals surface area contributed by atoms with Gasteiger partial charge in [0, 0.05) is 60.5 Å². The number of H-pyrrole nitrogens is 1. The fraction of sp³-hybridized carbons (Fsp3) is 0.478. The predicted octanol–water partition coefficient (Wildman–Crippen LogP) is -2.48. The van der Waals surface area contributed by atoms with Crippen LogP contribution >= 0.6 is 21.6 Å². The number of primary amides is 1. The van der Waals surface area contributed by atoms with Gasteiger partial charge in [0.15, 0.2) is 11.9 Å². The number of carbonyl (C=O) groups excluding carboxylic acids is 8. The molecule has 1 saturated heterocycles. The Balaban J connectivity index is 1.79. The lowest BCUT2D eigenvalue weighted by Gasteiger charge is -2.33. The number of carbonyl (C=O) groups is 8. The number of nitrogens with zero attached hydrogens (tertiary/aromatic N) is 2. The van der Waals surface area contributed by atoms with Gasteiger partial charge in [-0.05, 0) is 63.1 Å². The summed E-state index contributed by atoms with van der Waals surface area (Å²) in [6.07, 6.45) is 1.85. The van der Waals surface area contributed by atoms with Crippen molar-refractivity contribution < 1.29 is 43.5 Å². The Kier molecular flexibility index (Phi) is 22.4. The summed E-state index contributed by atoms with van der Waals surface area (Å²) in [4.78, 5) is 122. The van der Waals surface area contributed by atoms with Crippen LogP contribution in [0.3, 0.4) is 0 Å². The van der Waals surface area contributed by atoms with Crippen molar-refractivity contribution in [1.82, 2.24) is 42.2 Å². The molecule has 19 N–H and O–H groups in total. The van der Waals surface area contributed by atoms with E-state index in [4.69, 9.17) is 28.7 Å². The van der Waals surface area contributed by atoms with E-state index in [1.54, 1.807) is 50.4 Å². The van der Waals surface area contributed by atoms with Crippen LogP contribution in [-0.2, 0) is 51.2 Å². The molecule has 1 aliphatic rings. The van der Waals surface area contributed by atoms with Crippen molar-refractivity contribution in [2.75, 3.05) is 25.4 Å². The fourth-order valence-electron chi connectivity index (χ4n) is 7.64. The van der Waals surface area contributed by atoms with Crippen molar-refractivity contribution in [1.29, 1.82) is 0 Å². The van der Waals surface area contributed by atoms with Crippen LogP contribution in [0.1, 0.15) is 64.0 Å². The van der Waals surface area contributed by atoms with Crippen LogP contribution in [0, 0.1) is 0 Å². The molecule has 1 fully saturated rings. The van der Waals surface area contributed by atoms with E-state index >= 15 is 0 Å². The number of guanidine groups is 2. The number of rotatable bonds is 17. The minimum Gasteiger partial charge on any atom is -0.394 e. The molecule has 0 saturated carbocycles. The first-order chi connectivity index (χ1) is 34.2. The van der Waals surface area contributed by atoms with E-state index in [-0.39, 0.29) is 75.7 Å². The van der Waals surface area contributed by atoms with Crippen LogP contribution in [0.2, 0.25) is 0 Å². The van der Waals surface area contributed by atoms with Gasteiger partial charge in [0.1, 0.15) is 42.3 Å². The van der Waals surface area contributed by atoms with Crippen molar-refractivity contribution in [3.05, 3.63) is 71.9 Å². The molecule has 24 nitrogen and oxygen atoms in total. The molecule has 0 aliphatic carbocycles. The molecule has 1 aromatic heterocycles. The van der Waals surface area contributed by atoms with Crippen molar-refractivity contribution >= 4 is 91.7 Å². The summed E-state index contributed by atoms with van der Waals surface area (Å²) in [7, 11) is 2.32. The van der Waals surface area contributed by atoms with Gasteiger partial charge in [0.25, 0.3) is 0 Å². The van der Waals surface area contributed by atoms with Crippen LogP contribution in [0.5, 0.6) is 0 Å². The molecule has 392 valence electrons. The molecule has 26 heteroatoms. The van der Waals surface area contributed by atoms with Crippen molar-refractivity contribution in [3.8, 4) is 0 Å². The standard InChI is InChI=1S/C46H67N15O9S2/c1-25(63)55-30(15-9-18-52-44(48)49)38(65)57-32-17-20-71-72-46(2,3)36(37(47)64)61-42(69)34(22-27-23-54-29-14-8-7-13-28(27)29)59-39(66)31(16-10-19-53-45(50)51)56-41(68)33(21-26-11-5-4-6-12-26)58-43(70)35(24-62)60-40(32)67/h4-8,11-14,23,30-36,54,62H,9-10,15-22,24H2,1-3H3,(H2,47,64)(H,55,63)(H,56,68)(H,57,65)(H,58,70)(H,59,66)(H,60,67)(H,61,69)(H4,48,49,52)(H4,50,51,53)/t30-,31-,32-,33+,34-,35-,36+/m0/s1. The molecular weight excluding hydrogens is 971 g/mol. The average Bonchev–Trinajstić information content (AvgIpc) is 3.73. The summed E-state index contributed by atoms with van der Waals surface area (Å²) in [6.45, 7) is 3.79. The van der Waals surface area contributed by atoms with Crippen LogP contribution in [0.4, 0.5) is 0 Å². The molecule has 0 unspecified atom stereocenters. The lowest BCUT2D eigenvalue weighted by atomic mass is 9.99. The number of fused-ring (bicyclic) bond motifs is 1. The maximum Gasteiger partial charge on any atom is 0.245 e. The maximum absolute atomic E-state index is 14.5. The number of nitrogens with one attached hydrogen (secondary N) is 8. The zero-order chi connectivity index (χ0) is 53.0. The Labute approximate surface area is 424 Å².